The molecule has 1 unspecified atom stereocenters. The first-order valence-electron chi connectivity index (χ1n) is 9.89. The summed E-state index contributed by atoms with van der Waals surface area (Å²) in [5.74, 6) is 0.479. The fourth-order valence-corrected chi connectivity index (χ4v) is 3.60. The zero-order chi connectivity index (χ0) is 21.8. The molecular formula is C23H28ClN4O2+. The van der Waals surface area contributed by atoms with Gasteiger partial charge in [0.05, 0.1) is 42.5 Å². The molecule has 0 radical (unpaired) electrons. The minimum absolute atomic E-state index is 0.0983. The molecule has 0 aliphatic rings. The van der Waals surface area contributed by atoms with Crippen molar-refractivity contribution in [1.29, 1.82) is 0 Å². The number of rotatable bonds is 7. The van der Waals surface area contributed by atoms with E-state index in [1.54, 1.807) is 25.3 Å². The molecule has 3 aromatic rings. The molecule has 0 saturated carbocycles. The van der Waals surface area contributed by atoms with Gasteiger partial charge < -0.3 is 15.0 Å². The monoisotopic (exact) mass is 427 g/mol. The van der Waals surface area contributed by atoms with Crippen molar-refractivity contribution in [2.75, 3.05) is 19.5 Å². The van der Waals surface area contributed by atoms with Gasteiger partial charge in [-0.3, -0.25) is 4.79 Å². The van der Waals surface area contributed by atoms with Gasteiger partial charge in [0.25, 0.3) is 5.91 Å². The Labute approximate surface area is 182 Å². The Hall–Kier alpha value is -2.83. The molecule has 2 N–H and O–H groups in total. The second-order valence-electron chi connectivity index (χ2n) is 7.48. The summed E-state index contributed by atoms with van der Waals surface area (Å²) >= 11 is 6.07. The van der Waals surface area contributed by atoms with Gasteiger partial charge in [0.1, 0.15) is 12.3 Å². The molecule has 2 atom stereocenters. The maximum absolute atomic E-state index is 12.9. The van der Waals surface area contributed by atoms with Crippen LogP contribution >= 0.6 is 11.6 Å². The summed E-state index contributed by atoms with van der Waals surface area (Å²) in [4.78, 5) is 13.9. The molecule has 7 heteroatoms. The summed E-state index contributed by atoms with van der Waals surface area (Å²) in [5.41, 5.74) is 4.80. The number of quaternary nitrogens is 1. The first kappa shape index (κ1) is 21.9. The third-order valence-corrected chi connectivity index (χ3v) is 5.68. The average molecular weight is 428 g/mol. The largest absolute Gasteiger partial charge is 0.495 e. The van der Waals surface area contributed by atoms with Crippen LogP contribution in [0.1, 0.15) is 23.9 Å². The molecule has 0 spiro atoms. The fourth-order valence-electron chi connectivity index (χ4n) is 3.43. The topological polar surface area (TPSA) is 60.6 Å². The van der Waals surface area contributed by atoms with Crippen LogP contribution in [0.15, 0.2) is 48.5 Å². The summed E-state index contributed by atoms with van der Waals surface area (Å²) in [7, 11) is 3.58. The molecule has 0 fully saturated rings. The van der Waals surface area contributed by atoms with E-state index >= 15 is 0 Å². The highest BCUT2D eigenvalue weighted by atomic mass is 35.5. The van der Waals surface area contributed by atoms with E-state index in [1.165, 1.54) is 0 Å². The molecule has 3 rings (SSSR count). The highest BCUT2D eigenvalue weighted by Gasteiger charge is 2.25. The Bertz CT molecular complexity index is 1030. The van der Waals surface area contributed by atoms with Crippen LogP contribution < -0.4 is 15.0 Å². The predicted octanol–water partition coefficient (Wildman–Crippen LogP) is 3.19. The molecule has 158 valence electrons. The van der Waals surface area contributed by atoms with E-state index < -0.39 is 0 Å². The molecule has 30 heavy (non-hydrogen) atoms. The van der Waals surface area contributed by atoms with Gasteiger partial charge in [0.15, 0.2) is 6.04 Å². The number of likely N-dealkylation sites (N-methyl/N-ethyl adjacent to an activating group) is 1. The van der Waals surface area contributed by atoms with E-state index in [2.05, 4.69) is 12.2 Å². The van der Waals surface area contributed by atoms with E-state index in [-0.39, 0.29) is 11.9 Å². The number of benzene rings is 2. The Morgan fingerprint density at radius 2 is 1.93 bits per heavy atom. The predicted molar refractivity (Wildman–Crippen MR) is 120 cm³/mol. The van der Waals surface area contributed by atoms with Gasteiger partial charge in [-0.05, 0) is 51.1 Å². The molecule has 0 bridgehead atoms. The van der Waals surface area contributed by atoms with Gasteiger partial charge in [-0.1, -0.05) is 29.8 Å². The van der Waals surface area contributed by atoms with Crippen LogP contribution in [0, 0.1) is 13.8 Å². The van der Waals surface area contributed by atoms with Crippen molar-refractivity contribution in [3.63, 3.8) is 0 Å². The summed E-state index contributed by atoms with van der Waals surface area (Å²) in [6, 6.07) is 14.9. The average Bonchev–Trinajstić information content (AvgIpc) is 3.02. The van der Waals surface area contributed by atoms with E-state index in [4.69, 9.17) is 21.4 Å². The van der Waals surface area contributed by atoms with Crippen LogP contribution in [0.5, 0.6) is 5.75 Å². The number of aromatic nitrogens is 2. The Morgan fingerprint density at radius 1 is 1.23 bits per heavy atom. The SMILES string of the molecule is COc1ccc(Cl)cc1NC(=O)[C@@H](C)[NH+](C)Cc1c(C)nn(-c2ccccc2)c1C. The minimum atomic E-state index is -0.285. The van der Waals surface area contributed by atoms with Crippen LogP contribution in [-0.4, -0.2) is 35.9 Å². The number of hydrogen-bond acceptors (Lipinski definition) is 3. The second-order valence-corrected chi connectivity index (χ2v) is 7.91. The number of ether oxygens (including phenoxy) is 1. The van der Waals surface area contributed by atoms with Crippen molar-refractivity contribution in [2.24, 2.45) is 0 Å². The van der Waals surface area contributed by atoms with Crippen molar-refractivity contribution in [1.82, 2.24) is 9.78 Å². The lowest BCUT2D eigenvalue weighted by Crippen LogP contribution is -3.12. The Balaban J connectivity index is 1.75. The van der Waals surface area contributed by atoms with Gasteiger partial charge in [0, 0.05) is 5.02 Å². The number of halogens is 1. The van der Waals surface area contributed by atoms with Crippen LogP contribution in [0.3, 0.4) is 0 Å². The minimum Gasteiger partial charge on any atom is -0.495 e. The van der Waals surface area contributed by atoms with E-state index in [0.29, 0.717) is 23.0 Å². The lowest BCUT2D eigenvalue weighted by atomic mass is 10.1. The number of carbonyl (C=O) groups is 1. The summed E-state index contributed by atoms with van der Waals surface area (Å²) < 4.78 is 7.28. The highest BCUT2D eigenvalue weighted by Crippen LogP contribution is 2.27. The second kappa shape index (κ2) is 9.32. The van der Waals surface area contributed by atoms with Crippen molar-refractivity contribution in [3.05, 3.63) is 70.5 Å². The van der Waals surface area contributed by atoms with Gasteiger partial charge >= 0.3 is 0 Å². The summed E-state index contributed by atoms with van der Waals surface area (Å²) in [6.07, 6.45) is 0. The van der Waals surface area contributed by atoms with Gasteiger partial charge in [-0.25, -0.2) is 4.68 Å². The molecule has 1 aromatic heterocycles. The fraction of sp³-hybridized carbons (Fsp3) is 0.304. The van der Waals surface area contributed by atoms with Gasteiger partial charge in [-0.2, -0.15) is 5.10 Å². The van der Waals surface area contributed by atoms with Crippen LogP contribution in [0.2, 0.25) is 5.02 Å². The lowest BCUT2D eigenvalue weighted by molar-refractivity contribution is -0.907. The molecule has 0 aliphatic carbocycles. The van der Waals surface area contributed by atoms with E-state index in [9.17, 15) is 4.79 Å². The molecule has 6 nitrogen and oxygen atoms in total. The van der Waals surface area contributed by atoms with Crippen molar-refractivity contribution >= 4 is 23.2 Å². The van der Waals surface area contributed by atoms with Gasteiger partial charge in [-0.15, -0.1) is 0 Å². The van der Waals surface area contributed by atoms with Gasteiger partial charge in [0.2, 0.25) is 0 Å². The third-order valence-electron chi connectivity index (χ3n) is 5.45. The number of carbonyl (C=O) groups excluding carboxylic acids is 1. The number of anilines is 1. The first-order chi connectivity index (χ1) is 14.3. The van der Waals surface area contributed by atoms with Crippen LogP contribution in [0.25, 0.3) is 5.69 Å². The number of amides is 1. The zero-order valence-electron chi connectivity index (χ0n) is 18.0. The molecule has 2 aromatic carbocycles. The van der Waals surface area contributed by atoms with Crippen molar-refractivity contribution in [2.45, 2.75) is 33.4 Å². The molecule has 0 aliphatic heterocycles. The lowest BCUT2D eigenvalue weighted by Gasteiger charge is -2.22. The summed E-state index contributed by atoms with van der Waals surface area (Å²) in [6.45, 7) is 6.67. The van der Waals surface area contributed by atoms with E-state index in [0.717, 1.165) is 27.5 Å². The third kappa shape index (κ3) is 4.66. The van der Waals surface area contributed by atoms with E-state index in [1.807, 2.05) is 55.9 Å². The number of nitrogens with zero attached hydrogens (tertiary/aromatic N) is 2. The number of hydrogen-bond donors (Lipinski definition) is 2. The number of aryl methyl sites for hydroxylation is 1. The van der Waals surface area contributed by atoms with Crippen molar-refractivity contribution in [3.8, 4) is 11.4 Å². The first-order valence-corrected chi connectivity index (χ1v) is 10.3. The van der Waals surface area contributed by atoms with Crippen LogP contribution in [0.4, 0.5) is 5.69 Å². The maximum Gasteiger partial charge on any atom is 0.282 e. The molecule has 1 amide bonds. The number of nitrogens with one attached hydrogen (secondary N) is 2. The molecular weight excluding hydrogens is 400 g/mol. The molecule has 1 heterocycles. The highest BCUT2D eigenvalue weighted by molar-refractivity contribution is 6.31. The Kier molecular flexibility index (Phi) is 6.80. The Morgan fingerprint density at radius 3 is 2.60 bits per heavy atom. The molecule has 0 saturated heterocycles. The quantitative estimate of drug-likeness (QED) is 0.608. The summed E-state index contributed by atoms with van der Waals surface area (Å²) in [5, 5.41) is 8.19. The normalized spacial score (nSPS) is 13.0. The smallest absolute Gasteiger partial charge is 0.282 e. The number of para-hydroxylation sites is 1. The van der Waals surface area contributed by atoms with Crippen molar-refractivity contribution < 1.29 is 14.4 Å². The standard InChI is InChI=1S/C23H27ClN4O2/c1-15-20(16(2)28(26-15)19-9-7-6-8-10-19)14-27(4)17(3)23(29)25-21-13-18(24)11-12-22(21)30-5/h6-13,17H,14H2,1-5H3,(H,25,29)/p+1/t17-/m1/s1. The van der Waals surface area contributed by atoms with Crippen LogP contribution in [-0.2, 0) is 11.3 Å². The number of methoxy groups -OCH3 is 1. The zero-order valence-corrected chi connectivity index (χ0v) is 18.7. The maximum atomic E-state index is 12.9.